The van der Waals surface area contributed by atoms with Crippen LogP contribution >= 0.6 is 22.9 Å². The molecule has 1 aliphatic heterocycles. The molecule has 31 heavy (non-hydrogen) atoms. The number of aromatic nitrogens is 2. The number of nitrogens with zero attached hydrogens (tertiary/aromatic N) is 3. The molecule has 0 bridgehead atoms. The molecule has 0 unspecified atom stereocenters. The van der Waals surface area contributed by atoms with Crippen LogP contribution in [0.3, 0.4) is 0 Å². The molecule has 2 heterocycles. The van der Waals surface area contributed by atoms with Crippen molar-refractivity contribution < 1.29 is 14.0 Å². The number of rotatable bonds is 4. The molecular weight excluding hydrogens is 441 g/mol. The third-order valence-electron chi connectivity index (χ3n) is 5.00. The maximum absolute atomic E-state index is 13.7. The van der Waals surface area contributed by atoms with Crippen LogP contribution in [0.5, 0.6) is 0 Å². The highest BCUT2D eigenvalue weighted by atomic mass is 35.5. The Bertz CT molecular complexity index is 1100. The fourth-order valence-corrected chi connectivity index (χ4v) is 4.41. The van der Waals surface area contributed by atoms with Crippen molar-refractivity contribution in [3.05, 3.63) is 69.4 Å². The number of likely N-dealkylation sites (tertiary alicyclic amines) is 1. The summed E-state index contributed by atoms with van der Waals surface area (Å²) in [4.78, 5) is 26.6. The Morgan fingerprint density at radius 2 is 1.68 bits per heavy atom. The van der Waals surface area contributed by atoms with Crippen LogP contribution in [-0.2, 0) is 0 Å². The minimum atomic E-state index is -0.511. The SMILES string of the molecule is O=C(Nc1ccccc1F)c1nnc(C2CCN(C(=O)Nc3ccccc3Cl)CC2)s1. The van der Waals surface area contributed by atoms with Gasteiger partial charge >= 0.3 is 6.03 Å². The van der Waals surface area contributed by atoms with E-state index in [1.165, 1.54) is 23.5 Å². The third-order valence-corrected chi connectivity index (χ3v) is 6.42. The van der Waals surface area contributed by atoms with Crippen molar-refractivity contribution in [1.29, 1.82) is 0 Å². The van der Waals surface area contributed by atoms with Crippen LogP contribution in [0.15, 0.2) is 48.5 Å². The molecular formula is C21H19ClFN5O2S. The molecule has 0 saturated carbocycles. The summed E-state index contributed by atoms with van der Waals surface area (Å²) in [6.07, 6.45) is 1.42. The van der Waals surface area contributed by atoms with Gasteiger partial charge in [0.1, 0.15) is 10.8 Å². The van der Waals surface area contributed by atoms with Crippen molar-refractivity contribution in [3.8, 4) is 0 Å². The first-order chi connectivity index (χ1) is 15.0. The maximum atomic E-state index is 13.7. The minimum absolute atomic E-state index is 0.0992. The smallest absolute Gasteiger partial charge is 0.321 e. The highest BCUT2D eigenvalue weighted by molar-refractivity contribution is 7.13. The van der Waals surface area contributed by atoms with Crippen molar-refractivity contribution in [2.75, 3.05) is 23.7 Å². The topological polar surface area (TPSA) is 87.2 Å². The summed E-state index contributed by atoms with van der Waals surface area (Å²) in [6.45, 7) is 1.11. The fraction of sp³-hybridized carbons (Fsp3) is 0.238. The number of carbonyl (C=O) groups excluding carboxylic acids is 2. The van der Waals surface area contributed by atoms with Gasteiger partial charge in [-0.05, 0) is 37.1 Å². The summed E-state index contributed by atoms with van der Waals surface area (Å²) in [7, 11) is 0. The second kappa shape index (κ2) is 9.40. The lowest BCUT2D eigenvalue weighted by Crippen LogP contribution is -2.40. The van der Waals surface area contributed by atoms with Gasteiger partial charge in [0.25, 0.3) is 5.91 Å². The standard InChI is InChI=1S/C21H19ClFN5O2S/c22-14-5-1-3-7-16(14)25-21(30)28-11-9-13(10-12-28)19-26-27-20(31-19)18(29)24-17-8-4-2-6-15(17)23/h1-8,13H,9-12H2,(H,24,29)(H,25,30). The van der Waals surface area contributed by atoms with Gasteiger partial charge in [-0.1, -0.05) is 47.2 Å². The summed E-state index contributed by atoms with van der Waals surface area (Å²) in [5.74, 6) is -0.898. The molecule has 0 spiro atoms. The van der Waals surface area contributed by atoms with Gasteiger partial charge in [-0.2, -0.15) is 0 Å². The zero-order valence-corrected chi connectivity index (χ0v) is 17.9. The first kappa shape index (κ1) is 21.2. The zero-order valence-electron chi connectivity index (χ0n) is 16.3. The Morgan fingerprint density at radius 3 is 2.39 bits per heavy atom. The lowest BCUT2D eigenvalue weighted by atomic mass is 9.98. The van der Waals surface area contributed by atoms with E-state index in [-0.39, 0.29) is 22.6 Å². The van der Waals surface area contributed by atoms with E-state index in [1.807, 2.05) is 6.07 Å². The van der Waals surface area contributed by atoms with Crippen molar-refractivity contribution in [2.24, 2.45) is 0 Å². The van der Waals surface area contributed by atoms with Crippen molar-refractivity contribution in [2.45, 2.75) is 18.8 Å². The predicted octanol–water partition coefficient (Wildman–Crippen LogP) is 4.99. The molecule has 4 rings (SSSR count). The van der Waals surface area contributed by atoms with Gasteiger partial charge in [0, 0.05) is 19.0 Å². The molecule has 10 heteroatoms. The summed E-state index contributed by atoms with van der Waals surface area (Å²) < 4.78 is 13.7. The minimum Gasteiger partial charge on any atom is -0.324 e. The van der Waals surface area contributed by atoms with Gasteiger partial charge in [-0.25, -0.2) is 9.18 Å². The number of nitrogens with one attached hydrogen (secondary N) is 2. The van der Waals surface area contributed by atoms with E-state index >= 15 is 0 Å². The second-order valence-corrected chi connectivity index (χ2v) is 8.47. The van der Waals surface area contributed by atoms with Crippen molar-refractivity contribution in [1.82, 2.24) is 15.1 Å². The normalized spacial score (nSPS) is 14.3. The van der Waals surface area contributed by atoms with Crippen LogP contribution in [0.4, 0.5) is 20.6 Å². The van der Waals surface area contributed by atoms with Crippen LogP contribution in [-0.4, -0.2) is 40.1 Å². The van der Waals surface area contributed by atoms with Crippen LogP contribution in [0.25, 0.3) is 0 Å². The van der Waals surface area contributed by atoms with Gasteiger partial charge in [0.15, 0.2) is 0 Å². The molecule has 2 N–H and O–H groups in total. The molecule has 3 amide bonds. The number of para-hydroxylation sites is 2. The molecule has 0 atom stereocenters. The summed E-state index contributed by atoms with van der Waals surface area (Å²) in [6, 6.07) is 12.8. The van der Waals surface area contributed by atoms with Crippen LogP contribution < -0.4 is 10.6 Å². The molecule has 1 saturated heterocycles. The maximum Gasteiger partial charge on any atom is 0.321 e. The molecule has 1 aliphatic rings. The van der Waals surface area contributed by atoms with Crippen LogP contribution in [0, 0.1) is 5.82 Å². The Morgan fingerprint density at radius 1 is 1.00 bits per heavy atom. The number of hydrogen-bond donors (Lipinski definition) is 2. The van der Waals surface area contributed by atoms with Gasteiger partial charge in [-0.15, -0.1) is 10.2 Å². The monoisotopic (exact) mass is 459 g/mol. The quantitative estimate of drug-likeness (QED) is 0.575. The Labute approximate surface area is 187 Å². The summed E-state index contributed by atoms with van der Waals surface area (Å²) >= 11 is 7.29. The molecule has 0 aliphatic carbocycles. The van der Waals surface area contributed by atoms with Crippen LogP contribution in [0.1, 0.15) is 33.6 Å². The van der Waals surface area contributed by atoms with E-state index < -0.39 is 11.7 Å². The largest absolute Gasteiger partial charge is 0.324 e. The number of urea groups is 1. The Balaban J connectivity index is 1.33. The van der Waals surface area contributed by atoms with E-state index in [4.69, 9.17) is 11.6 Å². The van der Waals surface area contributed by atoms with Crippen LogP contribution in [0.2, 0.25) is 5.02 Å². The molecule has 7 nitrogen and oxygen atoms in total. The number of carbonyl (C=O) groups is 2. The zero-order chi connectivity index (χ0) is 21.8. The average molecular weight is 460 g/mol. The van der Waals surface area contributed by atoms with Crippen molar-refractivity contribution >= 4 is 46.3 Å². The van der Waals surface area contributed by atoms with E-state index in [2.05, 4.69) is 20.8 Å². The van der Waals surface area contributed by atoms with E-state index in [0.29, 0.717) is 36.6 Å². The summed E-state index contributed by atoms with van der Waals surface area (Å²) in [5.41, 5.74) is 0.674. The lowest BCUT2D eigenvalue weighted by Gasteiger charge is -2.31. The lowest BCUT2D eigenvalue weighted by molar-refractivity contribution is 0.102. The van der Waals surface area contributed by atoms with E-state index in [1.54, 1.807) is 35.2 Å². The number of hydrogen-bond acceptors (Lipinski definition) is 5. The fourth-order valence-electron chi connectivity index (χ4n) is 3.32. The molecule has 1 fully saturated rings. The van der Waals surface area contributed by atoms with Gasteiger partial charge in [0.2, 0.25) is 5.01 Å². The van der Waals surface area contributed by atoms with E-state index in [0.717, 1.165) is 5.01 Å². The highest BCUT2D eigenvalue weighted by Gasteiger charge is 2.27. The first-order valence-corrected chi connectivity index (χ1v) is 10.9. The van der Waals surface area contributed by atoms with E-state index in [9.17, 15) is 14.0 Å². The second-order valence-electron chi connectivity index (χ2n) is 7.05. The Hall–Kier alpha value is -3.04. The third kappa shape index (κ3) is 5.00. The first-order valence-electron chi connectivity index (χ1n) is 9.71. The highest BCUT2D eigenvalue weighted by Crippen LogP contribution is 2.31. The number of amides is 3. The number of halogens is 2. The number of anilines is 2. The molecule has 1 aromatic heterocycles. The van der Waals surface area contributed by atoms with Crippen molar-refractivity contribution in [3.63, 3.8) is 0 Å². The molecule has 3 aromatic rings. The Kier molecular flexibility index (Phi) is 6.43. The van der Waals surface area contributed by atoms with Gasteiger partial charge in [0.05, 0.1) is 16.4 Å². The summed E-state index contributed by atoms with van der Waals surface area (Å²) in [5, 5.41) is 14.9. The van der Waals surface area contributed by atoms with Gasteiger partial charge in [-0.3, -0.25) is 4.79 Å². The number of benzene rings is 2. The molecule has 0 radical (unpaired) electrons. The molecule has 160 valence electrons. The average Bonchev–Trinajstić information content (AvgIpc) is 3.27. The molecule has 2 aromatic carbocycles. The predicted molar refractivity (Wildman–Crippen MR) is 118 cm³/mol. The van der Waals surface area contributed by atoms with Gasteiger partial charge < -0.3 is 15.5 Å². The number of piperidine rings is 1.